The molecule has 0 spiro atoms. The maximum absolute atomic E-state index is 14.2. The van der Waals surface area contributed by atoms with Crippen LogP contribution in [0.15, 0.2) is 35.6 Å². The highest BCUT2D eigenvalue weighted by atomic mass is 32.2. The van der Waals surface area contributed by atoms with Gasteiger partial charge in [-0.05, 0) is 51.9 Å². The number of hydrogen-bond acceptors (Lipinski definition) is 5. The lowest BCUT2D eigenvalue weighted by atomic mass is 10.2. The minimum Gasteiger partial charge on any atom is -0.376 e. The van der Waals surface area contributed by atoms with E-state index in [2.05, 4.69) is 10.3 Å². The number of halogens is 1. The average Bonchev–Trinajstić information content (AvgIpc) is 3.38. The first-order valence-electron chi connectivity index (χ1n) is 10.9. The summed E-state index contributed by atoms with van der Waals surface area (Å²) in [6.45, 7) is 8.16. The molecule has 32 heavy (non-hydrogen) atoms. The van der Waals surface area contributed by atoms with Gasteiger partial charge in [0.15, 0.2) is 5.11 Å². The van der Waals surface area contributed by atoms with E-state index in [0.29, 0.717) is 31.4 Å². The third-order valence-corrected chi connectivity index (χ3v) is 7.39. The summed E-state index contributed by atoms with van der Waals surface area (Å²) in [5, 5.41) is 3.69. The smallest absolute Gasteiger partial charge is 0.228 e. The van der Waals surface area contributed by atoms with Gasteiger partial charge in [0.1, 0.15) is 5.82 Å². The molecular weight excluding hydrogens is 451 g/mol. The van der Waals surface area contributed by atoms with Crippen LogP contribution in [-0.2, 0) is 33.4 Å². The van der Waals surface area contributed by atoms with E-state index in [0.717, 1.165) is 18.5 Å². The second-order valence-electron chi connectivity index (χ2n) is 8.19. The van der Waals surface area contributed by atoms with Crippen LogP contribution in [0.4, 0.5) is 4.39 Å². The van der Waals surface area contributed by atoms with Crippen molar-refractivity contribution in [1.82, 2.24) is 19.8 Å². The van der Waals surface area contributed by atoms with E-state index in [1.54, 1.807) is 16.8 Å². The molecule has 0 unspecified atom stereocenters. The molecule has 1 atom stereocenters. The highest BCUT2D eigenvalue weighted by Gasteiger charge is 2.29. The molecular formula is C22H31FN4O3S2. The van der Waals surface area contributed by atoms with Crippen LogP contribution in [0.1, 0.15) is 44.9 Å². The first-order valence-corrected chi connectivity index (χ1v) is 13.0. The Balaban J connectivity index is 1.96. The van der Waals surface area contributed by atoms with E-state index < -0.39 is 21.4 Å². The summed E-state index contributed by atoms with van der Waals surface area (Å²) in [5.41, 5.74) is 0.847. The van der Waals surface area contributed by atoms with Gasteiger partial charge in [0, 0.05) is 24.8 Å². The minimum atomic E-state index is -3.88. The summed E-state index contributed by atoms with van der Waals surface area (Å²) in [4.78, 5) is 6.28. The number of aromatic nitrogens is 2. The molecule has 0 saturated carbocycles. The molecule has 10 heteroatoms. The molecule has 7 nitrogen and oxygen atoms in total. The van der Waals surface area contributed by atoms with Gasteiger partial charge in [-0.3, -0.25) is 0 Å². The molecule has 2 heterocycles. The molecule has 3 rings (SSSR count). The molecule has 2 aromatic rings. The van der Waals surface area contributed by atoms with E-state index in [9.17, 15) is 12.8 Å². The molecule has 1 aliphatic rings. The third-order valence-electron chi connectivity index (χ3n) is 5.44. The molecule has 1 saturated heterocycles. The Hall–Kier alpha value is -2.04. The first-order chi connectivity index (χ1) is 15.2. The van der Waals surface area contributed by atoms with Crippen molar-refractivity contribution in [3.63, 3.8) is 0 Å². The normalized spacial score (nSPS) is 16.5. The van der Waals surface area contributed by atoms with Crippen molar-refractivity contribution in [2.24, 2.45) is 0 Å². The van der Waals surface area contributed by atoms with Crippen molar-refractivity contribution < 1.29 is 17.5 Å². The van der Waals surface area contributed by atoms with Gasteiger partial charge >= 0.3 is 0 Å². The number of nitrogens with zero attached hydrogens (tertiary/aromatic N) is 3. The molecule has 176 valence electrons. The zero-order valence-electron chi connectivity index (χ0n) is 18.8. The van der Waals surface area contributed by atoms with Crippen molar-refractivity contribution >= 4 is 27.2 Å². The summed E-state index contributed by atoms with van der Waals surface area (Å²) in [6.07, 6.45) is 3.29. The number of hydrogen-bond donors (Lipinski definition) is 1. The standard InChI is InChI=1S/C22H31FN4O3S2/c1-4-24-21(31)26(16(2)3)13-18-12-25-22(27(18)14-19-9-7-11-30-19)32(28,29)15-17-8-5-6-10-20(17)23/h5-6,8,10,12,16,19H,4,7,9,11,13-15H2,1-3H3,(H,24,31)/t19-/m1/s1. The van der Waals surface area contributed by atoms with Crippen molar-refractivity contribution in [2.75, 3.05) is 13.2 Å². The van der Waals surface area contributed by atoms with Crippen molar-refractivity contribution in [1.29, 1.82) is 0 Å². The molecule has 1 aromatic carbocycles. The lowest BCUT2D eigenvalue weighted by Gasteiger charge is -2.30. The van der Waals surface area contributed by atoms with Crippen LogP contribution in [0.5, 0.6) is 0 Å². The van der Waals surface area contributed by atoms with Crippen LogP contribution in [0, 0.1) is 5.82 Å². The molecule has 1 aromatic heterocycles. The van der Waals surface area contributed by atoms with E-state index in [1.165, 1.54) is 18.2 Å². The van der Waals surface area contributed by atoms with Gasteiger partial charge in [0.25, 0.3) is 0 Å². The second-order valence-corrected chi connectivity index (χ2v) is 10.5. The third kappa shape index (κ3) is 5.85. The number of ether oxygens (including phenoxy) is 1. The van der Waals surface area contributed by atoms with Gasteiger partial charge in [0.05, 0.1) is 36.8 Å². The zero-order chi connectivity index (χ0) is 23.3. The van der Waals surface area contributed by atoms with Crippen LogP contribution in [-0.4, -0.2) is 53.3 Å². The molecule has 0 aliphatic carbocycles. The number of sulfone groups is 1. The fourth-order valence-corrected chi connectivity index (χ4v) is 5.69. The van der Waals surface area contributed by atoms with Crippen molar-refractivity contribution in [2.45, 2.75) is 69.8 Å². The first kappa shape index (κ1) is 24.6. The van der Waals surface area contributed by atoms with Gasteiger partial charge < -0.3 is 19.5 Å². The van der Waals surface area contributed by atoms with Gasteiger partial charge in [-0.15, -0.1) is 0 Å². The summed E-state index contributed by atoms with van der Waals surface area (Å²) < 4.78 is 48.2. The Kier molecular flexibility index (Phi) is 8.24. The highest BCUT2D eigenvalue weighted by molar-refractivity contribution is 7.90. The molecule has 1 aliphatic heterocycles. The number of imidazole rings is 1. The lowest BCUT2D eigenvalue weighted by molar-refractivity contribution is 0.0935. The van der Waals surface area contributed by atoms with Gasteiger partial charge in [-0.2, -0.15) is 0 Å². The Morgan fingerprint density at radius 3 is 2.78 bits per heavy atom. The highest BCUT2D eigenvalue weighted by Crippen LogP contribution is 2.23. The summed E-state index contributed by atoms with van der Waals surface area (Å²) in [6, 6.07) is 6.01. The Labute approximate surface area is 194 Å². The average molecular weight is 483 g/mol. The largest absolute Gasteiger partial charge is 0.376 e. The Morgan fingerprint density at radius 1 is 1.41 bits per heavy atom. The van der Waals surface area contributed by atoms with Crippen molar-refractivity contribution in [3.8, 4) is 0 Å². The number of nitrogens with one attached hydrogen (secondary N) is 1. The number of thiocarbonyl (C=S) groups is 1. The fourth-order valence-electron chi connectivity index (χ4n) is 3.75. The molecule has 1 N–H and O–H groups in total. The predicted molar refractivity (Wildman–Crippen MR) is 125 cm³/mol. The van der Waals surface area contributed by atoms with E-state index >= 15 is 0 Å². The van der Waals surface area contributed by atoms with Crippen LogP contribution in [0.2, 0.25) is 0 Å². The topological polar surface area (TPSA) is 76.5 Å². The second kappa shape index (κ2) is 10.7. The molecule has 0 radical (unpaired) electrons. The van der Waals surface area contributed by atoms with E-state index in [-0.39, 0.29) is 22.9 Å². The molecule has 1 fully saturated rings. The Morgan fingerprint density at radius 2 is 2.16 bits per heavy atom. The Bertz CT molecular complexity index is 1030. The predicted octanol–water partition coefficient (Wildman–Crippen LogP) is 3.28. The number of benzene rings is 1. The van der Waals surface area contributed by atoms with E-state index in [1.807, 2.05) is 25.7 Å². The van der Waals surface area contributed by atoms with Gasteiger partial charge in [0.2, 0.25) is 15.0 Å². The van der Waals surface area contributed by atoms with Crippen LogP contribution in [0.25, 0.3) is 0 Å². The van der Waals surface area contributed by atoms with Crippen LogP contribution in [0.3, 0.4) is 0 Å². The maximum atomic E-state index is 14.2. The number of rotatable bonds is 9. The minimum absolute atomic E-state index is 0.0654. The molecule has 0 amide bonds. The summed E-state index contributed by atoms with van der Waals surface area (Å²) >= 11 is 5.52. The van der Waals surface area contributed by atoms with Gasteiger partial charge in [-0.1, -0.05) is 18.2 Å². The molecule has 0 bridgehead atoms. The quantitative estimate of drug-likeness (QED) is 0.550. The maximum Gasteiger partial charge on any atom is 0.228 e. The van der Waals surface area contributed by atoms with Crippen LogP contribution < -0.4 is 5.32 Å². The van der Waals surface area contributed by atoms with Crippen molar-refractivity contribution in [3.05, 3.63) is 47.5 Å². The summed E-state index contributed by atoms with van der Waals surface area (Å²) in [5.74, 6) is -0.999. The fraction of sp³-hybridized carbons (Fsp3) is 0.545. The summed E-state index contributed by atoms with van der Waals surface area (Å²) in [7, 11) is -3.88. The monoisotopic (exact) mass is 482 g/mol. The van der Waals surface area contributed by atoms with Gasteiger partial charge in [-0.25, -0.2) is 17.8 Å². The zero-order valence-corrected chi connectivity index (χ0v) is 20.4. The lowest BCUT2D eigenvalue weighted by Crippen LogP contribution is -2.43. The van der Waals surface area contributed by atoms with Crippen LogP contribution >= 0.6 is 12.2 Å². The van der Waals surface area contributed by atoms with E-state index in [4.69, 9.17) is 17.0 Å². The SMILES string of the molecule is CCNC(=S)N(Cc1cnc(S(=O)(=O)Cc2ccccc2F)n1C[C@H]1CCCO1)C(C)C.